The van der Waals surface area contributed by atoms with Crippen molar-refractivity contribution in [3.8, 4) is 0 Å². The second kappa shape index (κ2) is 6.55. The average Bonchev–Trinajstić information content (AvgIpc) is 3.03. The molecule has 23 heavy (non-hydrogen) atoms. The van der Waals surface area contributed by atoms with Gasteiger partial charge in [0.05, 0.1) is 29.9 Å². The standard InChI is InChI=1S/C16H27BN2O4/c1-15(2)16(3,4)23-17(22-15)13-8-9-19(18-13)10-12-21-14-7-5-6-11-20-14/h8-9,14H,5-7,10-12H2,1-4H3. The van der Waals surface area contributed by atoms with Gasteiger partial charge < -0.3 is 18.8 Å². The van der Waals surface area contributed by atoms with Crippen molar-refractivity contribution in [2.45, 2.75) is 71.0 Å². The van der Waals surface area contributed by atoms with Crippen molar-refractivity contribution in [3.05, 3.63) is 12.3 Å². The van der Waals surface area contributed by atoms with Gasteiger partial charge in [0.1, 0.15) is 0 Å². The first-order valence-corrected chi connectivity index (χ1v) is 8.50. The van der Waals surface area contributed by atoms with Crippen molar-refractivity contribution in [1.82, 2.24) is 9.78 Å². The van der Waals surface area contributed by atoms with Gasteiger partial charge in [0.25, 0.3) is 0 Å². The summed E-state index contributed by atoms with van der Waals surface area (Å²) in [6.07, 6.45) is 5.18. The van der Waals surface area contributed by atoms with E-state index in [1.807, 2.05) is 44.6 Å². The van der Waals surface area contributed by atoms with E-state index in [9.17, 15) is 0 Å². The number of nitrogens with zero attached hydrogens (tertiary/aromatic N) is 2. The normalized spacial score (nSPS) is 26.6. The van der Waals surface area contributed by atoms with Crippen molar-refractivity contribution in [3.63, 3.8) is 0 Å². The van der Waals surface area contributed by atoms with E-state index in [0.717, 1.165) is 25.0 Å². The molecule has 128 valence electrons. The van der Waals surface area contributed by atoms with Crippen LogP contribution in [0.25, 0.3) is 0 Å². The highest BCUT2D eigenvalue weighted by Crippen LogP contribution is 2.36. The number of hydrogen-bond acceptors (Lipinski definition) is 5. The van der Waals surface area contributed by atoms with Gasteiger partial charge in [-0.3, -0.25) is 4.68 Å². The van der Waals surface area contributed by atoms with Gasteiger partial charge in [-0.1, -0.05) is 0 Å². The Labute approximate surface area is 138 Å². The smallest absolute Gasteiger partial charge is 0.398 e. The molecule has 0 bridgehead atoms. The van der Waals surface area contributed by atoms with Crippen molar-refractivity contribution in [2.75, 3.05) is 13.2 Å². The molecule has 2 fully saturated rings. The number of rotatable bonds is 5. The third kappa shape index (κ3) is 3.79. The zero-order valence-electron chi connectivity index (χ0n) is 14.6. The lowest BCUT2D eigenvalue weighted by Gasteiger charge is -2.32. The van der Waals surface area contributed by atoms with Crippen molar-refractivity contribution in [1.29, 1.82) is 0 Å². The molecule has 0 aliphatic carbocycles. The first kappa shape index (κ1) is 17.0. The summed E-state index contributed by atoms with van der Waals surface area (Å²) in [5, 5.41) is 4.55. The van der Waals surface area contributed by atoms with Crippen molar-refractivity contribution >= 4 is 12.7 Å². The monoisotopic (exact) mass is 322 g/mol. The summed E-state index contributed by atoms with van der Waals surface area (Å²) >= 11 is 0. The van der Waals surface area contributed by atoms with Crippen LogP contribution in [0.4, 0.5) is 0 Å². The van der Waals surface area contributed by atoms with Crippen LogP contribution in [-0.4, -0.2) is 47.6 Å². The first-order chi connectivity index (χ1) is 10.9. The largest absolute Gasteiger partial charge is 0.516 e. The highest BCUT2D eigenvalue weighted by molar-refractivity contribution is 6.61. The minimum Gasteiger partial charge on any atom is -0.398 e. The maximum Gasteiger partial charge on any atom is 0.516 e. The third-order valence-corrected chi connectivity index (χ3v) is 4.92. The fraction of sp³-hybridized carbons (Fsp3) is 0.812. The van der Waals surface area contributed by atoms with Crippen molar-refractivity contribution in [2.24, 2.45) is 0 Å². The molecule has 2 aliphatic heterocycles. The van der Waals surface area contributed by atoms with Crippen LogP contribution in [0.5, 0.6) is 0 Å². The first-order valence-electron chi connectivity index (χ1n) is 8.50. The second-order valence-electron chi connectivity index (χ2n) is 7.26. The maximum absolute atomic E-state index is 6.01. The molecule has 1 aromatic heterocycles. The molecule has 0 N–H and O–H groups in total. The van der Waals surface area contributed by atoms with Gasteiger partial charge in [-0.15, -0.1) is 0 Å². The highest BCUT2D eigenvalue weighted by Gasteiger charge is 2.52. The van der Waals surface area contributed by atoms with Gasteiger partial charge in [-0.2, -0.15) is 5.10 Å². The van der Waals surface area contributed by atoms with E-state index in [2.05, 4.69) is 5.10 Å². The molecular weight excluding hydrogens is 295 g/mol. The Morgan fingerprint density at radius 1 is 1.26 bits per heavy atom. The number of hydrogen-bond donors (Lipinski definition) is 0. The van der Waals surface area contributed by atoms with Gasteiger partial charge in [0, 0.05) is 12.8 Å². The van der Waals surface area contributed by atoms with Crippen LogP contribution in [0, 0.1) is 0 Å². The molecule has 1 unspecified atom stereocenters. The van der Waals surface area contributed by atoms with Crippen LogP contribution < -0.4 is 5.59 Å². The molecule has 3 heterocycles. The van der Waals surface area contributed by atoms with Crippen LogP contribution in [0.3, 0.4) is 0 Å². The fourth-order valence-corrected chi connectivity index (χ4v) is 2.71. The fourth-order valence-electron chi connectivity index (χ4n) is 2.71. The van der Waals surface area contributed by atoms with E-state index >= 15 is 0 Å². The summed E-state index contributed by atoms with van der Waals surface area (Å²) in [6.45, 7) is 10.3. The van der Waals surface area contributed by atoms with E-state index in [0.29, 0.717) is 13.2 Å². The zero-order valence-corrected chi connectivity index (χ0v) is 14.6. The Morgan fingerprint density at radius 3 is 2.65 bits per heavy atom. The van der Waals surface area contributed by atoms with E-state index in [1.165, 1.54) is 6.42 Å². The molecule has 0 amide bonds. The van der Waals surface area contributed by atoms with Gasteiger partial charge in [-0.05, 0) is 53.0 Å². The second-order valence-corrected chi connectivity index (χ2v) is 7.26. The molecular formula is C16H27BN2O4. The summed E-state index contributed by atoms with van der Waals surface area (Å²) in [4.78, 5) is 0. The van der Waals surface area contributed by atoms with Gasteiger partial charge >= 0.3 is 7.12 Å². The molecule has 2 aliphatic rings. The summed E-state index contributed by atoms with van der Waals surface area (Å²) < 4.78 is 25.2. The highest BCUT2D eigenvalue weighted by atomic mass is 16.7. The lowest BCUT2D eigenvalue weighted by molar-refractivity contribution is -0.163. The van der Waals surface area contributed by atoms with E-state index < -0.39 is 7.12 Å². The molecule has 1 aromatic rings. The van der Waals surface area contributed by atoms with Gasteiger partial charge in [-0.25, -0.2) is 0 Å². The average molecular weight is 322 g/mol. The van der Waals surface area contributed by atoms with Crippen LogP contribution in [0.2, 0.25) is 0 Å². The Bertz CT molecular complexity index is 510. The summed E-state index contributed by atoms with van der Waals surface area (Å²) in [6, 6.07) is 1.94. The lowest BCUT2D eigenvalue weighted by Crippen LogP contribution is -2.41. The molecule has 0 spiro atoms. The maximum atomic E-state index is 6.01. The Kier molecular flexibility index (Phi) is 4.83. The van der Waals surface area contributed by atoms with Crippen LogP contribution in [0.15, 0.2) is 12.3 Å². The predicted molar refractivity (Wildman–Crippen MR) is 87.5 cm³/mol. The van der Waals surface area contributed by atoms with Crippen molar-refractivity contribution < 1.29 is 18.8 Å². The molecule has 0 aromatic carbocycles. The minimum absolute atomic E-state index is 0.0538. The Morgan fingerprint density at radius 2 is 2.00 bits per heavy atom. The summed E-state index contributed by atoms with van der Waals surface area (Å²) in [5.74, 6) is 0. The molecule has 0 saturated carbocycles. The van der Waals surface area contributed by atoms with Crippen LogP contribution >= 0.6 is 0 Å². The summed E-state index contributed by atoms with van der Waals surface area (Å²) in [5.41, 5.74) is 0.115. The van der Waals surface area contributed by atoms with E-state index in [4.69, 9.17) is 18.8 Å². The SMILES string of the molecule is CC1(C)OB(c2ccn(CCOC3CCCCO3)n2)OC1(C)C. The molecule has 1 atom stereocenters. The van der Waals surface area contributed by atoms with Gasteiger partial charge in [0.15, 0.2) is 6.29 Å². The van der Waals surface area contributed by atoms with Gasteiger partial charge in [0.2, 0.25) is 0 Å². The molecule has 3 rings (SSSR count). The third-order valence-electron chi connectivity index (χ3n) is 4.92. The minimum atomic E-state index is -0.413. The van der Waals surface area contributed by atoms with Crippen LogP contribution in [-0.2, 0) is 25.3 Å². The summed E-state index contributed by atoms with van der Waals surface area (Å²) in [7, 11) is -0.413. The van der Waals surface area contributed by atoms with E-state index in [-0.39, 0.29) is 17.5 Å². The number of aromatic nitrogens is 2. The number of ether oxygens (including phenoxy) is 2. The lowest BCUT2D eigenvalue weighted by atomic mass is 9.85. The Hall–Kier alpha value is -0.885. The zero-order chi connectivity index (χ0) is 16.5. The molecule has 2 saturated heterocycles. The van der Waals surface area contributed by atoms with E-state index in [1.54, 1.807) is 0 Å². The molecule has 0 radical (unpaired) electrons. The van der Waals surface area contributed by atoms with Crippen LogP contribution in [0.1, 0.15) is 47.0 Å². The quantitative estimate of drug-likeness (QED) is 0.773. The topological polar surface area (TPSA) is 54.7 Å². The molecule has 7 heteroatoms. The predicted octanol–water partition coefficient (Wildman–Crippen LogP) is 1.73. The Balaban J connectivity index is 1.50. The molecule has 6 nitrogen and oxygen atoms in total.